The topological polar surface area (TPSA) is 47.1 Å². The van der Waals surface area contributed by atoms with Gasteiger partial charge in [0.2, 0.25) is 5.95 Å². The van der Waals surface area contributed by atoms with Gasteiger partial charge in [0.05, 0.1) is 0 Å². The Kier molecular flexibility index (Phi) is 3.83. The van der Waals surface area contributed by atoms with Gasteiger partial charge in [0.15, 0.2) is 0 Å². The summed E-state index contributed by atoms with van der Waals surface area (Å²) in [6, 6.07) is 0. The number of hydrogen-bond donors (Lipinski definition) is 1. The molecule has 4 heteroatoms. The van der Waals surface area contributed by atoms with Crippen LogP contribution in [0.15, 0.2) is 12.4 Å². The molecule has 1 saturated heterocycles. The highest BCUT2D eigenvalue weighted by molar-refractivity contribution is 5.31. The molecule has 2 heterocycles. The van der Waals surface area contributed by atoms with Gasteiger partial charge in [-0.25, -0.2) is 4.98 Å². The predicted octanol–water partition coefficient (Wildman–Crippen LogP) is 1.47. The number of aromatic nitrogens is 2. The normalized spacial score (nSPS) is 18.0. The first kappa shape index (κ1) is 11.5. The second-order valence-electron chi connectivity index (χ2n) is 4.59. The second-order valence-corrected chi connectivity index (χ2v) is 4.59. The minimum Gasteiger partial charge on any atom is -0.342 e. The fourth-order valence-electron chi connectivity index (χ4n) is 2.37. The molecule has 0 aromatic carbocycles. The van der Waals surface area contributed by atoms with Gasteiger partial charge in [-0.1, -0.05) is 6.92 Å². The van der Waals surface area contributed by atoms with Gasteiger partial charge in [-0.3, -0.25) is 0 Å². The lowest BCUT2D eigenvalue weighted by molar-refractivity contribution is 0.408. The second kappa shape index (κ2) is 5.34. The van der Waals surface area contributed by atoms with Crippen molar-refractivity contribution in [3.8, 4) is 0 Å². The highest BCUT2D eigenvalue weighted by Gasteiger charge is 2.20. The van der Waals surface area contributed by atoms with E-state index in [1.807, 2.05) is 6.20 Å². The van der Waals surface area contributed by atoms with E-state index < -0.39 is 0 Å². The van der Waals surface area contributed by atoms with Crippen molar-refractivity contribution in [1.29, 1.82) is 0 Å². The average Bonchev–Trinajstić information content (AvgIpc) is 2.78. The number of hydrogen-bond acceptors (Lipinski definition) is 3. The summed E-state index contributed by atoms with van der Waals surface area (Å²) in [6.45, 7) is 6.29. The molecule has 1 aromatic heterocycles. The lowest BCUT2D eigenvalue weighted by Gasteiger charge is -2.32. The highest BCUT2D eigenvalue weighted by Crippen LogP contribution is 2.21. The predicted molar refractivity (Wildman–Crippen MR) is 66.5 cm³/mol. The minimum atomic E-state index is 0.714. The minimum absolute atomic E-state index is 0.714. The molecule has 1 aliphatic rings. The zero-order chi connectivity index (χ0) is 11.4. The van der Waals surface area contributed by atoms with Crippen molar-refractivity contribution in [3.63, 3.8) is 0 Å². The van der Waals surface area contributed by atoms with Crippen LogP contribution in [0.1, 0.15) is 26.2 Å². The molecule has 0 unspecified atom stereocenters. The van der Waals surface area contributed by atoms with Crippen molar-refractivity contribution in [2.45, 2.75) is 32.7 Å². The van der Waals surface area contributed by atoms with Crippen LogP contribution in [-0.2, 0) is 6.54 Å². The van der Waals surface area contributed by atoms with E-state index in [0.717, 1.165) is 38.5 Å². The van der Waals surface area contributed by atoms with E-state index in [0.29, 0.717) is 5.92 Å². The third-order valence-corrected chi connectivity index (χ3v) is 3.39. The van der Waals surface area contributed by atoms with E-state index in [1.54, 1.807) is 0 Å². The van der Waals surface area contributed by atoms with Crippen LogP contribution in [0.4, 0.5) is 5.95 Å². The third-order valence-electron chi connectivity index (χ3n) is 3.39. The number of piperidine rings is 1. The molecule has 0 aliphatic carbocycles. The molecule has 0 atom stereocenters. The zero-order valence-electron chi connectivity index (χ0n) is 10.1. The highest BCUT2D eigenvalue weighted by atomic mass is 15.3. The van der Waals surface area contributed by atoms with Gasteiger partial charge < -0.3 is 15.2 Å². The van der Waals surface area contributed by atoms with Crippen molar-refractivity contribution in [1.82, 2.24) is 9.55 Å². The maximum atomic E-state index is 5.71. The van der Waals surface area contributed by atoms with Crippen LogP contribution in [0.3, 0.4) is 0 Å². The molecule has 0 spiro atoms. The Morgan fingerprint density at radius 1 is 1.44 bits per heavy atom. The molecule has 2 N–H and O–H groups in total. The number of nitrogens with zero attached hydrogens (tertiary/aromatic N) is 3. The number of rotatable bonds is 4. The first-order chi connectivity index (χ1) is 7.85. The summed E-state index contributed by atoms with van der Waals surface area (Å²) in [5, 5.41) is 0. The molecule has 90 valence electrons. The summed E-state index contributed by atoms with van der Waals surface area (Å²) >= 11 is 0. The van der Waals surface area contributed by atoms with E-state index in [9.17, 15) is 0 Å². The first-order valence-corrected chi connectivity index (χ1v) is 6.31. The van der Waals surface area contributed by atoms with Crippen molar-refractivity contribution >= 4 is 5.95 Å². The molecule has 1 fully saturated rings. The summed E-state index contributed by atoms with van der Waals surface area (Å²) in [4.78, 5) is 6.86. The molecule has 4 nitrogen and oxygen atoms in total. The molecule has 0 radical (unpaired) electrons. The van der Waals surface area contributed by atoms with Crippen LogP contribution in [0.5, 0.6) is 0 Å². The molecule has 0 bridgehead atoms. The SMILES string of the molecule is CCCn1ccnc1N1CCC(CN)CC1. The van der Waals surface area contributed by atoms with Gasteiger partial charge in [-0.05, 0) is 31.7 Å². The Morgan fingerprint density at radius 3 is 2.81 bits per heavy atom. The van der Waals surface area contributed by atoms with Gasteiger partial charge in [0.25, 0.3) is 0 Å². The van der Waals surface area contributed by atoms with Gasteiger partial charge >= 0.3 is 0 Å². The molecule has 1 aromatic rings. The van der Waals surface area contributed by atoms with Crippen LogP contribution in [0, 0.1) is 5.92 Å². The van der Waals surface area contributed by atoms with E-state index in [-0.39, 0.29) is 0 Å². The quantitative estimate of drug-likeness (QED) is 0.839. The smallest absolute Gasteiger partial charge is 0.205 e. The van der Waals surface area contributed by atoms with Gasteiger partial charge in [0, 0.05) is 32.0 Å². The molecular formula is C12H22N4. The Bertz CT molecular complexity index is 313. The van der Waals surface area contributed by atoms with Crippen LogP contribution in [0.25, 0.3) is 0 Å². The van der Waals surface area contributed by atoms with Crippen molar-refractivity contribution < 1.29 is 0 Å². The van der Waals surface area contributed by atoms with E-state index in [2.05, 4.69) is 27.6 Å². The Labute approximate surface area is 97.4 Å². The third kappa shape index (κ3) is 2.38. The summed E-state index contributed by atoms with van der Waals surface area (Å²) in [7, 11) is 0. The van der Waals surface area contributed by atoms with Gasteiger partial charge in [-0.2, -0.15) is 0 Å². The molecule has 0 amide bonds. The monoisotopic (exact) mass is 222 g/mol. The summed E-state index contributed by atoms with van der Waals surface area (Å²) < 4.78 is 2.25. The average molecular weight is 222 g/mol. The fraction of sp³-hybridized carbons (Fsp3) is 0.750. The van der Waals surface area contributed by atoms with Crippen LogP contribution >= 0.6 is 0 Å². The maximum absolute atomic E-state index is 5.71. The van der Waals surface area contributed by atoms with Crippen LogP contribution in [-0.4, -0.2) is 29.2 Å². The number of anilines is 1. The summed E-state index contributed by atoms with van der Waals surface area (Å²) in [6.07, 6.45) is 7.54. The first-order valence-electron chi connectivity index (χ1n) is 6.31. The maximum Gasteiger partial charge on any atom is 0.205 e. The number of imidazole rings is 1. The lowest BCUT2D eigenvalue weighted by Crippen LogP contribution is -2.37. The Hall–Kier alpha value is -1.03. The van der Waals surface area contributed by atoms with E-state index in [1.165, 1.54) is 12.8 Å². The van der Waals surface area contributed by atoms with E-state index >= 15 is 0 Å². The zero-order valence-corrected chi connectivity index (χ0v) is 10.1. The number of nitrogens with two attached hydrogens (primary N) is 1. The van der Waals surface area contributed by atoms with Crippen molar-refractivity contribution in [2.24, 2.45) is 11.7 Å². The molecule has 16 heavy (non-hydrogen) atoms. The van der Waals surface area contributed by atoms with Crippen LogP contribution < -0.4 is 10.6 Å². The van der Waals surface area contributed by atoms with Gasteiger partial charge in [-0.15, -0.1) is 0 Å². The molecular weight excluding hydrogens is 200 g/mol. The number of aryl methyl sites for hydroxylation is 1. The summed E-state index contributed by atoms with van der Waals surface area (Å²) in [5.74, 6) is 1.85. The van der Waals surface area contributed by atoms with E-state index in [4.69, 9.17) is 5.73 Å². The molecule has 2 rings (SSSR count). The molecule has 0 saturated carbocycles. The Morgan fingerprint density at radius 2 is 2.19 bits per heavy atom. The largest absolute Gasteiger partial charge is 0.342 e. The molecule has 1 aliphatic heterocycles. The van der Waals surface area contributed by atoms with Crippen LogP contribution in [0.2, 0.25) is 0 Å². The Balaban J connectivity index is 1.99. The summed E-state index contributed by atoms with van der Waals surface area (Å²) in [5.41, 5.74) is 5.71. The standard InChI is InChI=1S/C12H22N4/c1-2-6-15-9-5-14-12(15)16-7-3-11(10-13)4-8-16/h5,9,11H,2-4,6-8,10,13H2,1H3. The fourth-order valence-corrected chi connectivity index (χ4v) is 2.37. The van der Waals surface area contributed by atoms with Crippen molar-refractivity contribution in [3.05, 3.63) is 12.4 Å². The van der Waals surface area contributed by atoms with Crippen molar-refractivity contribution in [2.75, 3.05) is 24.5 Å². The lowest BCUT2D eigenvalue weighted by atomic mass is 9.97. The van der Waals surface area contributed by atoms with Gasteiger partial charge in [0.1, 0.15) is 0 Å².